The number of piperazine rings is 1. The minimum Gasteiger partial charge on any atom is -0.353 e. The van der Waals surface area contributed by atoms with E-state index in [1.165, 1.54) is 0 Å². The van der Waals surface area contributed by atoms with Gasteiger partial charge in [-0.15, -0.1) is 5.10 Å². The Morgan fingerprint density at radius 2 is 1.90 bits per heavy atom. The molecule has 1 aromatic heterocycles. The van der Waals surface area contributed by atoms with Gasteiger partial charge in [0.05, 0.1) is 11.8 Å². The lowest BCUT2D eigenvalue weighted by Crippen LogP contribution is -2.49. The van der Waals surface area contributed by atoms with Crippen LogP contribution >= 0.6 is 0 Å². The molecule has 2 heterocycles. The van der Waals surface area contributed by atoms with Crippen LogP contribution < -0.4 is 4.90 Å². The van der Waals surface area contributed by atoms with Crippen molar-refractivity contribution in [2.45, 2.75) is 32.5 Å². The quantitative estimate of drug-likeness (QED) is 0.855. The first-order valence-electron chi connectivity index (χ1n) is 6.80. The first-order valence-corrected chi connectivity index (χ1v) is 6.80. The molecule has 0 spiro atoms. The Balaban J connectivity index is 2.04. The molecule has 0 saturated carbocycles. The molecule has 0 N–H and O–H groups in total. The van der Waals surface area contributed by atoms with Gasteiger partial charge in [-0.1, -0.05) is 6.92 Å². The fourth-order valence-electron chi connectivity index (χ4n) is 2.31. The summed E-state index contributed by atoms with van der Waals surface area (Å²) in [6.45, 7) is 7.34. The first kappa shape index (κ1) is 15.0. The zero-order valence-electron chi connectivity index (χ0n) is 11.7. The lowest BCUT2D eigenvalue weighted by atomic mass is 10.2. The average Bonchev–Trinajstić information content (AvgIpc) is 2.46. The van der Waals surface area contributed by atoms with Crippen LogP contribution in [0.3, 0.4) is 0 Å². The van der Waals surface area contributed by atoms with E-state index in [4.69, 9.17) is 0 Å². The highest BCUT2D eigenvalue weighted by Crippen LogP contribution is 2.30. The van der Waals surface area contributed by atoms with E-state index in [1.807, 2.05) is 4.90 Å². The van der Waals surface area contributed by atoms with Gasteiger partial charge in [-0.3, -0.25) is 4.90 Å². The summed E-state index contributed by atoms with van der Waals surface area (Å²) in [5.41, 5.74) is -0.744. The van der Waals surface area contributed by atoms with Crippen molar-refractivity contribution in [1.82, 2.24) is 15.1 Å². The minimum atomic E-state index is -4.37. The van der Waals surface area contributed by atoms with E-state index in [2.05, 4.69) is 28.9 Å². The van der Waals surface area contributed by atoms with Crippen molar-refractivity contribution in [2.24, 2.45) is 0 Å². The lowest BCUT2D eigenvalue weighted by Gasteiger charge is -2.38. The number of halogens is 3. The Morgan fingerprint density at radius 3 is 2.45 bits per heavy atom. The molecule has 1 fully saturated rings. The second-order valence-electron chi connectivity index (χ2n) is 5.08. The number of aromatic nitrogens is 2. The molecule has 0 aliphatic carbocycles. The SMILES string of the molecule is CCC(C)N1CCN(c2cc(C(F)(F)F)cnn2)CC1. The highest BCUT2D eigenvalue weighted by Gasteiger charge is 2.32. The summed E-state index contributed by atoms with van der Waals surface area (Å²) in [5.74, 6) is 0.309. The topological polar surface area (TPSA) is 32.3 Å². The van der Waals surface area contributed by atoms with Crippen molar-refractivity contribution in [2.75, 3.05) is 31.1 Å². The second kappa shape index (κ2) is 5.95. The number of hydrogen-bond donors (Lipinski definition) is 0. The van der Waals surface area contributed by atoms with E-state index in [-0.39, 0.29) is 0 Å². The number of anilines is 1. The van der Waals surface area contributed by atoms with Gasteiger partial charge in [0.2, 0.25) is 0 Å². The average molecular weight is 288 g/mol. The first-order chi connectivity index (χ1) is 9.41. The van der Waals surface area contributed by atoms with E-state index in [1.54, 1.807) is 0 Å². The van der Waals surface area contributed by atoms with Crippen molar-refractivity contribution < 1.29 is 13.2 Å². The van der Waals surface area contributed by atoms with Gasteiger partial charge in [0.25, 0.3) is 0 Å². The maximum absolute atomic E-state index is 12.7. The van der Waals surface area contributed by atoms with Crippen molar-refractivity contribution in [3.8, 4) is 0 Å². The molecule has 0 radical (unpaired) electrons. The third-order valence-electron chi connectivity index (χ3n) is 3.82. The van der Waals surface area contributed by atoms with Crippen LogP contribution in [0.15, 0.2) is 12.3 Å². The van der Waals surface area contributed by atoms with Gasteiger partial charge >= 0.3 is 6.18 Å². The summed E-state index contributed by atoms with van der Waals surface area (Å²) in [6.07, 6.45) is -2.54. The zero-order chi connectivity index (χ0) is 14.8. The molecule has 1 atom stereocenters. The molecule has 1 aromatic rings. The Bertz CT molecular complexity index is 441. The van der Waals surface area contributed by atoms with E-state index >= 15 is 0 Å². The Labute approximate surface area is 116 Å². The van der Waals surface area contributed by atoms with Crippen LogP contribution in [-0.4, -0.2) is 47.3 Å². The molecule has 2 rings (SSSR count). The van der Waals surface area contributed by atoms with Crippen molar-refractivity contribution in [1.29, 1.82) is 0 Å². The van der Waals surface area contributed by atoms with Gasteiger partial charge in [-0.25, -0.2) is 0 Å². The molecule has 0 amide bonds. The van der Waals surface area contributed by atoms with Crippen LogP contribution in [0.1, 0.15) is 25.8 Å². The van der Waals surface area contributed by atoms with Gasteiger partial charge in [0, 0.05) is 32.2 Å². The van der Waals surface area contributed by atoms with E-state index < -0.39 is 11.7 Å². The molecular weight excluding hydrogens is 269 g/mol. The number of rotatable bonds is 3. The molecule has 1 saturated heterocycles. The van der Waals surface area contributed by atoms with Crippen molar-refractivity contribution >= 4 is 5.82 Å². The van der Waals surface area contributed by atoms with Crippen LogP contribution in [0, 0.1) is 0 Å². The van der Waals surface area contributed by atoms with Gasteiger partial charge in [0.15, 0.2) is 5.82 Å². The second-order valence-corrected chi connectivity index (χ2v) is 5.08. The van der Waals surface area contributed by atoms with Crippen LogP contribution in [0.2, 0.25) is 0 Å². The fourth-order valence-corrected chi connectivity index (χ4v) is 2.31. The maximum Gasteiger partial charge on any atom is 0.418 e. The molecule has 4 nitrogen and oxygen atoms in total. The molecule has 7 heteroatoms. The summed E-state index contributed by atoms with van der Waals surface area (Å²) in [4.78, 5) is 4.21. The Kier molecular flexibility index (Phi) is 4.47. The Morgan fingerprint density at radius 1 is 1.25 bits per heavy atom. The molecule has 1 aliphatic heterocycles. The third-order valence-corrected chi connectivity index (χ3v) is 3.82. The highest BCUT2D eigenvalue weighted by molar-refractivity contribution is 5.40. The molecule has 1 unspecified atom stereocenters. The van der Waals surface area contributed by atoms with Crippen LogP contribution in [-0.2, 0) is 6.18 Å². The molecule has 20 heavy (non-hydrogen) atoms. The third kappa shape index (κ3) is 3.39. The number of hydrogen-bond acceptors (Lipinski definition) is 4. The molecule has 1 aliphatic rings. The summed E-state index contributed by atoms with van der Waals surface area (Å²) in [6, 6.07) is 1.58. The molecule has 0 bridgehead atoms. The van der Waals surface area contributed by atoms with Crippen LogP contribution in [0.5, 0.6) is 0 Å². The largest absolute Gasteiger partial charge is 0.418 e. The monoisotopic (exact) mass is 288 g/mol. The van der Waals surface area contributed by atoms with Crippen LogP contribution in [0.4, 0.5) is 19.0 Å². The summed E-state index contributed by atoms with van der Waals surface area (Å²) < 4.78 is 38.0. The summed E-state index contributed by atoms with van der Waals surface area (Å²) in [5, 5.41) is 7.30. The van der Waals surface area contributed by atoms with Gasteiger partial charge in [-0.2, -0.15) is 18.3 Å². The van der Waals surface area contributed by atoms with Gasteiger partial charge in [0.1, 0.15) is 0 Å². The summed E-state index contributed by atoms with van der Waals surface area (Å²) >= 11 is 0. The standard InChI is InChI=1S/C13H19F3N4/c1-3-10(2)19-4-6-20(7-5-19)12-8-11(9-17-18-12)13(14,15)16/h8-10H,3-7H2,1-2H3. The highest BCUT2D eigenvalue weighted by atomic mass is 19.4. The molecular formula is C13H19F3N4. The normalized spacial score (nSPS) is 19.1. The number of alkyl halides is 3. The Hall–Kier alpha value is -1.37. The van der Waals surface area contributed by atoms with E-state index in [0.717, 1.165) is 31.8 Å². The predicted molar refractivity (Wildman–Crippen MR) is 70.6 cm³/mol. The summed E-state index contributed by atoms with van der Waals surface area (Å²) in [7, 11) is 0. The van der Waals surface area contributed by atoms with Crippen LogP contribution in [0.25, 0.3) is 0 Å². The van der Waals surface area contributed by atoms with E-state index in [0.29, 0.717) is 24.9 Å². The van der Waals surface area contributed by atoms with Crippen molar-refractivity contribution in [3.05, 3.63) is 17.8 Å². The maximum atomic E-state index is 12.7. The van der Waals surface area contributed by atoms with Crippen molar-refractivity contribution in [3.63, 3.8) is 0 Å². The van der Waals surface area contributed by atoms with Gasteiger partial charge in [-0.05, 0) is 19.4 Å². The van der Waals surface area contributed by atoms with E-state index in [9.17, 15) is 13.2 Å². The number of nitrogens with zero attached hydrogens (tertiary/aromatic N) is 4. The minimum absolute atomic E-state index is 0.309. The van der Waals surface area contributed by atoms with Gasteiger partial charge < -0.3 is 4.90 Å². The lowest BCUT2D eigenvalue weighted by molar-refractivity contribution is -0.137. The molecule has 0 aromatic carbocycles. The molecule has 112 valence electrons. The smallest absolute Gasteiger partial charge is 0.353 e. The fraction of sp³-hybridized carbons (Fsp3) is 0.692. The predicted octanol–water partition coefficient (Wildman–Crippen LogP) is 2.42. The zero-order valence-corrected chi connectivity index (χ0v) is 11.7.